The van der Waals surface area contributed by atoms with Crippen molar-refractivity contribution in [2.45, 2.75) is 180 Å². The van der Waals surface area contributed by atoms with E-state index in [2.05, 4.69) is 88.1 Å². The zero-order chi connectivity index (χ0) is 36.8. The fourth-order valence-electron chi connectivity index (χ4n) is 0.698. The Morgan fingerprint density at radius 2 is 0.333 bits per heavy atom. The van der Waals surface area contributed by atoms with Crippen molar-refractivity contribution in [1.29, 1.82) is 0 Å². The van der Waals surface area contributed by atoms with Gasteiger partial charge in [-0.3, -0.25) is 4.98 Å². The van der Waals surface area contributed by atoms with Gasteiger partial charge in [0.1, 0.15) is 0 Å². The van der Waals surface area contributed by atoms with Crippen molar-refractivity contribution in [3.05, 3.63) is 67.0 Å². The second-order valence-corrected chi connectivity index (χ2v) is 9.11. The molecule has 0 amide bonds. The van der Waals surface area contributed by atoms with Gasteiger partial charge in [-0.1, -0.05) is 222 Å². The first-order chi connectivity index (χ1) is 19.9. The van der Waals surface area contributed by atoms with Crippen LogP contribution in [0.2, 0.25) is 0 Å². The first-order valence-electron chi connectivity index (χ1n) is 17.8. The van der Waals surface area contributed by atoms with Crippen LogP contribution in [0.4, 0.5) is 0 Å². The summed E-state index contributed by atoms with van der Waals surface area (Å²) in [5.74, 6) is 3.33. The SMILES string of the molecule is CC.CC.CC.CC.CC.CC.CC.CC(C)C.CC(C)C.CC(C)C.CC(C)C.c1ccccc1.c1ccncc1. The van der Waals surface area contributed by atoms with E-state index < -0.39 is 0 Å². The van der Waals surface area contributed by atoms with Crippen LogP contribution in [0.3, 0.4) is 0 Å². The smallest absolute Gasteiger partial charge is 0.0267 e. The van der Waals surface area contributed by atoms with Crippen LogP contribution in [0.1, 0.15) is 180 Å². The molecule has 1 heteroatoms. The van der Waals surface area contributed by atoms with Gasteiger partial charge in [-0.2, -0.15) is 0 Å². The zero-order valence-electron chi connectivity index (χ0n) is 35.1. The van der Waals surface area contributed by atoms with Crippen molar-refractivity contribution < 1.29 is 0 Å². The second-order valence-electron chi connectivity index (χ2n) is 9.11. The molecule has 0 aliphatic rings. The molecule has 0 saturated carbocycles. The monoisotopic (exact) mass is 600 g/mol. The van der Waals surface area contributed by atoms with Crippen LogP contribution >= 0.6 is 0 Å². The highest BCUT2D eigenvalue weighted by molar-refractivity contribution is 4.99. The average molecular weight is 600 g/mol. The lowest BCUT2D eigenvalue weighted by molar-refractivity contribution is 0.736. The van der Waals surface area contributed by atoms with E-state index in [1.165, 1.54) is 0 Å². The summed E-state index contributed by atoms with van der Waals surface area (Å²) in [7, 11) is 0. The summed E-state index contributed by atoms with van der Waals surface area (Å²) in [4.78, 5) is 3.78. The van der Waals surface area contributed by atoms with Gasteiger partial charge in [-0.25, -0.2) is 0 Å². The van der Waals surface area contributed by atoms with Gasteiger partial charge in [0.15, 0.2) is 0 Å². The molecule has 1 heterocycles. The zero-order valence-corrected chi connectivity index (χ0v) is 35.1. The molecule has 1 nitrogen and oxygen atoms in total. The van der Waals surface area contributed by atoms with Crippen LogP contribution in [0.25, 0.3) is 0 Å². The van der Waals surface area contributed by atoms with E-state index in [0.29, 0.717) is 0 Å². The minimum Gasteiger partial charge on any atom is -0.265 e. The molecule has 2 aromatic rings. The van der Waals surface area contributed by atoms with E-state index in [9.17, 15) is 0 Å². The molecule has 42 heavy (non-hydrogen) atoms. The molecule has 0 N–H and O–H groups in total. The van der Waals surface area contributed by atoms with Crippen molar-refractivity contribution in [1.82, 2.24) is 4.98 Å². The lowest BCUT2D eigenvalue weighted by Gasteiger charge is -1.79. The van der Waals surface area contributed by atoms with Gasteiger partial charge in [-0.15, -0.1) is 0 Å². The summed E-state index contributed by atoms with van der Waals surface area (Å²) in [6.07, 6.45) is 3.50. The molecule has 0 spiro atoms. The summed E-state index contributed by atoms with van der Waals surface area (Å²) < 4.78 is 0. The number of pyridine rings is 1. The Hall–Kier alpha value is -1.63. The first-order valence-corrected chi connectivity index (χ1v) is 17.8. The Labute approximate surface area is 275 Å². The predicted molar refractivity (Wildman–Crippen MR) is 212 cm³/mol. The van der Waals surface area contributed by atoms with Crippen LogP contribution in [0.15, 0.2) is 67.0 Å². The van der Waals surface area contributed by atoms with Gasteiger partial charge >= 0.3 is 0 Å². The third-order valence-corrected chi connectivity index (χ3v) is 1.23. The normalized spacial score (nSPS) is 6.71. The number of rotatable bonds is 0. The molecule has 0 aliphatic carbocycles. The lowest BCUT2D eigenvalue weighted by atomic mass is 10.3. The van der Waals surface area contributed by atoms with Crippen molar-refractivity contribution in [2.75, 3.05) is 0 Å². The molecule has 0 unspecified atom stereocenters. The Morgan fingerprint density at radius 3 is 0.381 bits per heavy atom. The van der Waals surface area contributed by atoms with Crippen molar-refractivity contribution >= 4 is 0 Å². The molecule has 0 saturated heterocycles. The van der Waals surface area contributed by atoms with Crippen LogP contribution in [0, 0.1) is 23.7 Å². The summed E-state index contributed by atoms with van der Waals surface area (Å²) in [5, 5.41) is 0. The molecule has 262 valence electrons. The standard InChI is InChI=1S/C6H6.C5H5N.4C4H10.7C2H6/c2*1-2-4-6-5-3-1;4*1-4(2)3;7*1-2/h1-6H;1-5H;4*4H,1-3H3;7*1-2H3. The van der Waals surface area contributed by atoms with Crippen LogP contribution in [-0.2, 0) is 0 Å². The van der Waals surface area contributed by atoms with E-state index in [1.807, 2.05) is 152 Å². The topological polar surface area (TPSA) is 12.9 Å². The molecule has 0 fully saturated rings. The van der Waals surface area contributed by atoms with E-state index >= 15 is 0 Å². The van der Waals surface area contributed by atoms with Crippen molar-refractivity contribution in [3.8, 4) is 0 Å². The molecule has 1 aromatic carbocycles. The highest BCUT2D eigenvalue weighted by Crippen LogP contribution is 1.82. The highest BCUT2D eigenvalue weighted by atomic mass is 14.6. The van der Waals surface area contributed by atoms with Crippen LogP contribution in [0.5, 0.6) is 0 Å². The van der Waals surface area contributed by atoms with Gasteiger partial charge in [0.25, 0.3) is 0 Å². The molecule has 0 aliphatic heterocycles. The fraction of sp³-hybridized carbons (Fsp3) is 0.732. The number of hydrogen-bond donors (Lipinski definition) is 0. The van der Waals surface area contributed by atoms with Gasteiger partial charge in [0, 0.05) is 12.4 Å². The third kappa shape index (κ3) is 498. The lowest BCUT2D eigenvalue weighted by Crippen LogP contribution is -1.66. The Morgan fingerprint density at radius 1 is 0.238 bits per heavy atom. The Bertz CT molecular complexity index is 299. The average Bonchev–Trinajstić information content (AvgIpc) is 3.01. The van der Waals surface area contributed by atoms with E-state index in [0.717, 1.165) is 23.7 Å². The fourth-order valence-corrected chi connectivity index (χ4v) is 0.698. The van der Waals surface area contributed by atoms with Crippen LogP contribution < -0.4 is 0 Å². The minimum absolute atomic E-state index is 0.833. The summed E-state index contributed by atoms with van der Waals surface area (Å²) in [6.45, 7) is 54.0. The Balaban J connectivity index is -0.0000000284. The van der Waals surface area contributed by atoms with Gasteiger partial charge in [0.2, 0.25) is 0 Å². The van der Waals surface area contributed by atoms with Crippen molar-refractivity contribution in [3.63, 3.8) is 0 Å². The highest BCUT2D eigenvalue weighted by Gasteiger charge is 1.69. The maximum absolute atomic E-state index is 3.78. The van der Waals surface area contributed by atoms with Gasteiger partial charge < -0.3 is 0 Å². The van der Waals surface area contributed by atoms with Crippen molar-refractivity contribution in [2.24, 2.45) is 23.7 Å². The maximum atomic E-state index is 3.78. The number of aromatic nitrogens is 1. The molecular formula is C41H93N. The number of benzene rings is 1. The maximum Gasteiger partial charge on any atom is 0.0267 e. The molecule has 0 radical (unpaired) electrons. The third-order valence-electron chi connectivity index (χ3n) is 1.23. The largest absolute Gasteiger partial charge is 0.265 e. The van der Waals surface area contributed by atoms with Gasteiger partial charge in [0.05, 0.1) is 0 Å². The van der Waals surface area contributed by atoms with E-state index in [1.54, 1.807) is 12.4 Å². The first kappa shape index (κ1) is 72.5. The Kier molecular flexibility index (Phi) is 200. The number of nitrogens with zero attached hydrogens (tertiary/aromatic N) is 1. The molecule has 0 bridgehead atoms. The number of hydrogen-bond acceptors (Lipinski definition) is 1. The van der Waals surface area contributed by atoms with Gasteiger partial charge in [-0.05, 0) is 35.8 Å². The second kappa shape index (κ2) is 116. The minimum atomic E-state index is 0.833. The molecule has 2 rings (SSSR count). The molecule has 1 aromatic heterocycles. The molecule has 0 atom stereocenters. The van der Waals surface area contributed by atoms with E-state index in [4.69, 9.17) is 0 Å². The quantitative estimate of drug-likeness (QED) is 0.293. The van der Waals surface area contributed by atoms with E-state index in [-0.39, 0.29) is 0 Å². The summed E-state index contributed by atoms with van der Waals surface area (Å²) in [6, 6.07) is 17.7. The summed E-state index contributed by atoms with van der Waals surface area (Å²) >= 11 is 0. The molecular weight excluding hydrogens is 506 g/mol. The van der Waals surface area contributed by atoms with Crippen LogP contribution in [-0.4, -0.2) is 4.98 Å². The predicted octanol–water partition coefficient (Wildman–Crippen LogP) is 16.6. The summed E-state index contributed by atoms with van der Waals surface area (Å²) in [5.41, 5.74) is 0.